The van der Waals surface area contributed by atoms with Crippen LogP contribution >= 0.6 is 11.6 Å². The number of nitrogens with zero attached hydrogens (tertiary/aromatic N) is 3. The number of nitriles is 1. The maximum atomic E-state index is 13.2. The number of hydrogen-bond donors (Lipinski definition) is 0. The van der Waals surface area contributed by atoms with Gasteiger partial charge in [0.2, 0.25) is 5.78 Å². The summed E-state index contributed by atoms with van der Waals surface area (Å²) in [6.07, 6.45) is 2.05. The van der Waals surface area contributed by atoms with Crippen LogP contribution in [0.3, 0.4) is 0 Å². The van der Waals surface area contributed by atoms with Crippen LogP contribution in [-0.2, 0) is 11.3 Å². The minimum absolute atomic E-state index is 0.313. The van der Waals surface area contributed by atoms with Crippen LogP contribution in [0.1, 0.15) is 27.1 Å². The summed E-state index contributed by atoms with van der Waals surface area (Å²) in [5, 5.41) is 11.0. The molecule has 0 fully saturated rings. The summed E-state index contributed by atoms with van der Waals surface area (Å²) in [5.41, 5.74) is 3.69. The molecule has 176 valence electrons. The highest BCUT2D eigenvalue weighted by atomic mass is 35.5. The molecule has 36 heavy (non-hydrogen) atoms. The van der Waals surface area contributed by atoms with Crippen molar-refractivity contribution in [2.75, 3.05) is 6.61 Å². The zero-order chi connectivity index (χ0) is 25.1. The van der Waals surface area contributed by atoms with Crippen LogP contribution in [0.2, 0.25) is 5.02 Å². The van der Waals surface area contributed by atoms with E-state index < -0.39 is 12.6 Å². The van der Waals surface area contributed by atoms with Crippen LogP contribution < -0.4 is 0 Å². The van der Waals surface area contributed by atoms with Gasteiger partial charge in [0.05, 0.1) is 29.3 Å². The highest BCUT2D eigenvalue weighted by Gasteiger charge is 2.19. The highest BCUT2D eigenvalue weighted by Crippen LogP contribution is 2.27. The number of aryl methyl sites for hydroxylation is 1. The predicted octanol–water partition coefficient (Wildman–Crippen LogP) is 6.46. The van der Waals surface area contributed by atoms with Gasteiger partial charge in [-0.1, -0.05) is 60.1 Å². The Kier molecular flexibility index (Phi) is 6.48. The molecule has 0 amide bonds. The Labute approximate surface area is 212 Å². The van der Waals surface area contributed by atoms with Crippen molar-refractivity contribution in [2.45, 2.75) is 13.0 Å². The lowest BCUT2D eigenvalue weighted by Crippen LogP contribution is -2.15. The van der Waals surface area contributed by atoms with Gasteiger partial charge in [-0.15, -0.1) is 0 Å². The van der Waals surface area contributed by atoms with Gasteiger partial charge in [-0.3, -0.25) is 4.79 Å². The Balaban J connectivity index is 1.43. The number of halogens is 1. The van der Waals surface area contributed by atoms with Gasteiger partial charge in [-0.25, -0.2) is 9.78 Å². The van der Waals surface area contributed by atoms with Gasteiger partial charge in [-0.05, 0) is 30.3 Å². The Morgan fingerprint density at radius 1 is 0.944 bits per heavy atom. The largest absolute Gasteiger partial charge is 0.454 e. The van der Waals surface area contributed by atoms with E-state index in [4.69, 9.17) is 21.6 Å². The molecule has 2 heterocycles. The van der Waals surface area contributed by atoms with Crippen molar-refractivity contribution in [3.63, 3.8) is 0 Å². The van der Waals surface area contributed by atoms with Crippen molar-refractivity contribution in [1.29, 1.82) is 5.26 Å². The highest BCUT2D eigenvalue weighted by molar-refractivity contribution is 6.30. The minimum Gasteiger partial charge on any atom is -0.454 e. The molecule has 0 unspecified atom stereocenters. The third-order valence-corrected chi connectivity index (χ3v) is 6.22. The number of hydrogen-bond acceptors (Lipinski definition) is 5. The number of esters is 1. The molecular formula is C29H20ClN3O3. The lowest BCUT2D eigenvalue weighted by molar-refractivity contribution is 0.0477. The van der Waals surface area contributed by atoms with Crippen molar-refractivity contribution in [3.05, 3.63) is 101 Å². The third kappa shape index (κ3) is 4.57. The molecule has 0 N–H and O–H groups in total. The van der Waals surface area contributed by atoms with Crippen molar-refractivity contribution in [1.82, 2.24) is 9.55 Å². The first-order valence-corrected chi connectivity index (χ1v) is 11.7. The van der Waals surface area contributed by atoms with Gasteiger partial charge < -0.3 is 9.30 Å². The van der Waals surface area contributed by atoms with Crippen molar-refractivity contribution in [3.8, 4) is 17.3 Å². The Bertz CT molecular complexity index is 1650. The van der Waals surface area contributed by atoms with Crippen molar-refractivity contribution >= 4 is 45.2 Å². The smallest absolute Gasteiger partial charge is 0.339 e. The van der Waals surface area contributed by atoms with Crippen LogP contribution in [0, 0.1) is 11.3 Å². The zero-order valence-electron chi connectivity index (χ0n) is 19.1. The first kappa shape index (κ1) is 23.3. The van der Waals surface area contributed by atoms with E-state index in [9.17, 15) is 9.59 Å². The second-order valence-electron chi connectivity index (χ2n) is 8.24. The summed E-state index contributed by atoms with van der Waals surface area (Å²) in [4.78, 5) is 30.9. The van der Waals surface area contributed by atoms with Crippen molar-refractivity contribution < 1.29 is 14.3 Å². The van der Waals surface area contributed by atoms with Gasteiger partial charge in [0.15, 0.2) is 6.61 Å². The molecular weight excluding hydrogens is 474 g/mol. The molecule has 6 nitrogen and oxygen atoms in total. The summed E-state index contributed by atoms with van der Waals surface area (Å²) in [6, 6.07) is 25.8. The molecule has 0 radical (unpaired) electrons. The third-order valence-electron chi connectivity index (χ3n) is 5.96. The number of carbonyl (C=O) groups excluding carboxylic acids is 2. The molecule has 5 aromatic rings. The number of ketones is 1. The molecule has 2 aromatic heterocycles. The number of fused-ring (bicyclic) bond motifs is 2. The fourth-order valence-corrected chi connectivity index (χ4v) is 4.35. The molecule has 0 saturated heterocycles. The van der Waals surface area contributed by atoms with E-state index in [1.165, 1.54) is 0 Å². The standard InChI is InChI=1S/C29H20ClN3O3/c30-20-12-10-19(11-13-20)26-16-23(21-6-1-3-8-25(21)32-26)29(35)36-18-28(34)24-17-33(15-5-14-31)27-9-4-2-7-22(24)27/h1-4,6-13,16-17H,5,15,18H2. The first-order chi connectivity index (χ1) is 17.5. The van der Waals surface area contributed by atoms with Crippen LogP contribution in [0.15, 0.2) is 85.1 Å². The number of aromatic nitrogens is 2. The average Bonchev–Trinajstić information content (AvgIpc) is 3.29. The second kappa shape index (κ2) is 10.0. The second-order valence-corrected chi connectivity index (χ2v) is 8.68. The Morgan fingerprint density at radius 2 is 1.67 bits per heavy atom. The Morgan fingerprint density at radius 3 is 2.44 bits per heavy atom. The van der Waals surface area contributed by atoms with Crippen molar-refractivity contribution in [2.24, 2.45) is 0 Å². The summed E-state index contributed by atoms with van der Waals surface area (Å²) < 4.78 is 7.38. The fourth-order valence-electron chi connectivity index (χ4n) is 4.22. The molecule has 0 atom stereocenters. The maximum absolute atomic E-state index is 13.2. The monoisotopic (exact) mass is 493 g/mol. The predicted molar refractivity (Wildman–Crippen MR) is 139 cm³/mol. The molecule has 7 heteroatoms. The number of rotatable bonds is 7. The molecule has 0 aliphatic carbocycles. The number of para-hydroxylation sites is 2. The topological polar surface area (TPSA) is 85.0 Å². The number of benzene rings is 3. The van der Waals surface area contributed by atoms with E-state index in [0.29, 0.717) is 45.7 Å². The van der Waals surface area contributed by atoms with E-state index in [-0.39, 0.29) is 5.78 Å². The lowest BCUT2D eigenvalue weighted by atomic mass is 10.0. The van der Waals surface area contributed by atoms with Crippen LogP contribution in [0.25, 0.3) is 33.1 Å². The van der Waals surface area contributed by atoms with Crippen LogP contribution in [0.4, 0.5) is 0 Å². The summed E-state index contributed by atoms with van der Waals surface area (Å²) in [7, 11) is 0. The number of Topliss-reactive ketones (excluding diaryl/α,β-unsaturated/α-hetero) is 1. The van der Waals surface area contributed by atoms with Gasteiger partial charge in [0.1, 0.15) is 0 Å². The SMILES string of the molecule is N#CCCn1cc(C(=O)COC(=O)c2cc(-c3ccc(Cl)cc3)nc3ccccc23)c2ccccc21. The molecule has 0 aliphatic rings. The molecule has 0 spiro atoms. The van der Waals surface area contributed by atoms with Gasteiger partial charge in [-0.2, -0.15) is 5.26 Å². The summed E-state index contributed by atoms with van der Waals surface area (Å²) >= 11 is 6.02. The molecule has 0 saturated carbocycles. The molecule has 0 bridgehead atoms. The minimum atomic E-state index is -0.606. The molecule has 3 aromatic carbocycles. The quantitative estimate of drug-likeness (QED) is 0.192. The first-order valence-electron chi connectivity index (χ1n) is 11.4. The van der Waals surface area contributed by atoms with E-state index in [1.54, 1.807) is 30.5 Å². The summed E-state index contributed by atoms with van der Waals surface area (Å²) in [5.74, 6) is -0.920. The van der Waals surface area contributed by atoms with E-state index in [1.807, 2.05) is 59.2 Å². The van der Waals surface area contributed by atoms with Gasteiger partial charge in [0, 0.05) is 45.2 Å². The average molecular weight is 494 g/mol. The number of ether oxygens (including phenoxy) is 1. The number of carbonyl (C=O) groups is 2. The molecule has 0 aliphatic heterocycles. The van der Waals surface area contributed by atoms with Crippen LogP contribution in [0.5, 0.6) is 0 Å². The van der Waals surface area contributed by atoms with Crippen LogP contribution in [-0.4, -0.2) is 27.9 Å². The van der Waals surface area contributed by atoms with E-state index >= 15 is 0 Å². The summed E-state index contributed by atoms with van der Waals surface area (Å²) in [6.45, 7) is 0.0680. The number of pyridine rings is 1. The molecule has 5 rings (SSSR count). The van der Waals surface area contributed by atoms with Gasteiger partial charge >= 0.3 is 5.97 Å². The lowest BCUT2D eigenvalue weighted by Gasteiger charge is -2.10. The Hall–Kier alpha value is -4.47. The normalized spacial score (nSPS) is 10.9. The van der Waals surface area contributed by atoms with Gasteiger partial charge in [0.25, 0.3) is 0 Å². The zero-order valence-corrected chi connectivity index (χ0v) is 19.9. The fraction of sp³-hybridized carbons (Fsp3) is 0.103. The maximum Gasteiger partial charge on any atom is 0.339 e. The van der Waals surface area contributed by atoms with E-state index in [2.05, 4.69) is 11.1 Å². The van der Waals surface area contributed by atoms with E-state index in [0.717, 1.165) is 16.5 Å².